The number of hydrogen-bond acceptors (Lipinski definition) is 5. The number of ether oxygens (including phenoxy) is 2. The van der Waals surface area contributed by atoms with Crippen LogP contribution in [0.1, 0.15) is 26.7 Å². The van der Waals surface area contributed by atoms with Gasteiger partial charge in [-0.25, -0.2) is 0 Å². The first kappa shape index (κ1) is 14.2. The second kappa shape index (κ2) is 5.62. The molecule has 0 unspecified atom stereocenters. The van der Waals surface area contributed by atoms with E-state index in [2.05, 4.69) is 0 Å². The molecule has 0 fully saturated rings. The van der Waals surface area contributed by atoms with E-state index in [1.165, 1.54) is 21.1 Å². The molecule has 0 aromatic rings. The van der Waals surface area contributed by atoms with Crippen molar-refractivity contribution in [3.63, 3.8) is 0 Å². The van der Waals surface area contributed by atoms with Crippen LogP contribution in [0, 0.1) is 0 Å². The van der Waals surface area contributed by atoms with Gasteiger partial charge in [-0.3, -0.25) is 9.59 Å². The Morgan fingerprint density at radius 3 is 2.00 bits per heavy atom. The zero-order chi connectivity index (χ0) is 13.9. The maximum atomic E-state index is 12.1. The number of methoxy groups -OCH3 is 2. The molecule has 0 saturated heterocycles. The van der Waals surface area contributed by atoms with Crippen LogP contribution in [0.25, 0.3) is 0 Å². The Balaban J connectivity index is 3.14. The largest absolute Gasteiger partial charge is 0.489 e. The first-order valence-corrected chi connectivity index (χ1v) is 5.54. The van der Waals surface area contributed by atoms with E-state index in [1.54, 1.807) is 6.92 Å². The quantitative estimate of drug-likeness (QED) is 0.690. The van der Waals surface area contributed by atoms with Gasteiger partial charge < -0.3 is 14.3 Å². The molecular formula is C13H16O5. The fraction of sp³-hybridized carbons (Fsp3) is 0.462. The van der Waals surface area contributed by atoms with Crippen molar-refractivity contribution >= 4 is 17.3 Å². The molecule has 0 radical (unpaired) electrons. The maximum absolute atomic E-state index is 12.1. The number of rotatable bonds is 5. The summed E-state index contributed by atoms with van der Waals surface area (Å²) in [4.78, 5) is 35.0. The van der Waals surface area contributed by atoms with Crippen molar-refractivity contribution < 1.29 is 23.9 Å². The van der Waals surface area contributed by atoms with E-state index < -0.39 is 0 Å². The first-order valence-electron chi connectivity index (χ1n) is 5.54. The summed E-state index contributed by atoms with van der Waals surface area (Å²) in [5, 5.41) is 0. The van der Waals surface area contributed by atoms with Crippen molar-refractivity contribution in [3.8, 4) is 0 Å². The number of carbonyl (C=O) groups is 3. The van der Waals surface area contributed by atoms with Gasteiger partial charge in [0.2, 0.25) is 23.1 Å². The molecule has 0 N–H and O–H groups in total. The van der Waals surface area contributed by atoms with Gasteiger partial charge in [-0.1, -0.05) is 0 Å². The van der Waals surface area contributed by atoms with Crippen molar-refractivity contribution in [2.45, 2.75) is 26.7 Å². The second-order valence-corrected chi connectivity index (χ2v) is 4.03. The summed E-state index contributed by atoms with van der Waals surface area (Å²) in [6.07, 6.45) is 0.473. The molecule has 1 rings (SSSR count). The summed E-state index contributed by atoms with van der Waals surface area (Å²) in [7, 11) is 2.62. The summed E-state index contributed by atoms with van der Waals surface area (Å²) in [6, 6.07) is 0. The molecule has 0 aromatic carbocycles. The number of ketones is 3. The van der Waals surface area contributed by atoms with Crippen LogP contribution in [0.2, 0.25) is 0 Å². The van der Waals surface area contributed by atoms with Gasteiger partial charge in [0, 0.05) is 17.6 Å². The Hall–Kier alpha value is -1.91. The molecule has 1 aliphatic carbocycles. The van der Waals surface area contributed by atoms with Gasteiger partial charge in [0.25, 0.3) is 0 Å². The molecule has 0 spiro atoms. The van der Waals surface area contributed by atoms with Crippen LogP contribution in [0.5, 0.6) is 0 Å². The van der Waals surface area contributed by atoms with Gasteiger partial charge in [-0.15, -0.1) is 0 Å². The molecule has 1 aliphatic rings. The molecule has 98 valence electrons. The van der Waals surface area contributed by atoms with Crippen LogP contribution in [-0.2, 0) is 23.9 Å². The van der Waals surface area contributed by atoms with Crippen LogP contribution in [-0.4, -0.2) is 31.6 Å². The van der Waals surface area contributed by atoms with Crippen molar-refractivity contribution in [1.29, 1.82) is 0 Å². The molecule has 5 heteroatoms. The van der Waals surface area contributed by atoms with Gasteiger partial charge in [0.1, 0.15) is 5.78 Å². The van der Waals surface area contributed by atoms with E-state index in [-0.39, 0.29) is 41.7 Å². The Labute approximate surface area is 105 Å². The predicted octanol–water partition coefficient (Wildman–Crippen LogP) is 1.33. The zero-order valence-corrected chi connectivity index (χ0v) is 11.0. The van der Waals surface area contributed by atoms with Crippen molar-refractivity contribution in [3.05, 3.63) is 22.7 Å². The normalized spacial score (nSPS) is 16.2. The third-order valence-corrected chi connectivity index (χ3v) is 2.82. The summed E-state index contributed by atoms with van der Waals surface area (Å²) in [6.45, 7) is 3.00. The molecule has 0 aliphatic heterocycles. The highest BCUT2D eigenvalue weighted by Crippen LogP contribution is 2.28. The van der Waals surface area contributed by atoms with E-state index in [4.69, 9.17) is 9.47 Å². The zero-order valence-electron chi connectivity index (χ0n) is 11.0. The standard InChI is InChI=1S/C13H16O5/c1-7(14)5-6-9-8(2)10(15)12(17-3)13(18-4)11(9)16/h5-6H2,1-4H3. The minimum absolute atomic E-state index is 0.0315. The minimum Gasteiger partial charge on any atom is -0.489 e. The molecule has 18 heavy (non-hydrogen) atoms. The topological polar surface area (TPSA) is 69.7 Å². The Morgan fingerprint density at radius 2 is 1.56 bits per heavy atom. The Bertz CT molecular complexity index is 468. The van der Waals surface area contributed by atoms with E-state index in [0.717, 1.165) is 0 Å². The van der Waals surface area contributed by atoms with Gasteiger partial charge in [-0.05, 0) is 20.3 Å². The van der Waals surface area contributed by atoms with E-state index in [0.29, 0.717) is 11.1 Å². The highest BCUT2D eigenvalue weighted by molar-refractivity contribution is 6.23. The lowest BCUT2D eigenvalue weighted by atomic mass is 9.90. The maximum Gasteiger partial charge on any atom is 0.228 e. The monoisotopic (exact) mass is 252 g/mol. The van der Waals surface area contributed by atoms with Crippen LogP contribution in [0.3, 0.4) is 0 Å². The molecule has 0 bridgehead atoms. The lowest BCUT2D eigenvalue weighted by Gasteiger charge is -2.19. The van der Waals surface area contributed by atoms with Gasteiger partial charge in [0.05, 0.1) is 14.2 Å². The lowest BCUT2D eigenvalue weighted by Crippen LogP contribution is -2.25. The molecule has 0 atom stereocenters. The molecule has 5 nitrogen and oxygen atoms in total. The first-order chi connectivity index (χ1) is 8.43. The van der Waals surface area contributed by atoms with E-state index in [1.807, 2.05) is 0 Å². The fourth-order valence-corrected chi connectivity index (χ4v) is 1.79. The number of Topliss-reactive ketones (excluding diaryl/α,β-unsaturated/α-hetero) is 3. The van der Waals surface area contributed by atoms with Crippen LogP contribution < -0.4 is 0 Å². The van der Waals surface area contributed by atoms with Crippen molar-refractivity contribution in [1.82, 2.24) is 0 Å². The third-order valence-electron chi connectivity index (χ3n) is 2.82. The van der Waals surface area contributed by atoms with Gasteiger partial charge >= 0.3 is 0 Å². The average Bonchev–Trinajstić information content (AvgIpc) is 2.32. The highest BCUT2D eigenvalue weighted by atomic mass is 16.5. The van der Waals surface area contributed by atoms with Crippen LogP contribution in [0.15, 0.2) is 22.7 Å². The minimum atomic E-state index is -0.382. The molecule has 0 amide bonds. The van der Waals surface area contributed by atoms with E-state index >= 15 is 0 Å². The lowest BCUT2D eigenvalue weighted by molar-refractivity contribution is -0.121. The average molecular weight is 252 g/mol. The summed E-state index contributed by atoms with van der Waals surface area (Å²) >= 11 is 0. The van der Waals surface area contributed by atoms with Crippen molar-refractivity contribution in [2.75, 3.05) is 14.2 Å². The summed E-state index contributed by atoms with van der Waals surface area (Å²) in [5.74, 6) is -0.950. The van der Waals surface area contributed by atoms with Crippen LogP contribution in [0.4, 0.5) is 0 Å². The third kappa shape index (κ3) is 2.50. The van der Waals surface area contributed by atoms with Gasteiger partial charge in [0.15, 0.2) is 0 Å². The summed E-state index contributed by atoms with van der Waals surface area (Å²) in [5.41, 5.74) is 0.645. The molecule has 0 aromatic heterocycles. The Kier molecular flexibility index (Phi) is 4.42. The fourth-order valence-electron chi connectivity index (χ4n) is 1.79. The molecular weight excluding hydrogens is 236 g/mol. The molecule has 0 heterocycles. The smallest absolute Gasteiger partial charge is 0.228 e. The second-order valence-electron chi connectivity index (χ2n) is 4.03. The highest BCUT2D eigenvalue weighted by Gasteiger charge is 2.34. The van der Waals surface area contributed by atoms with Crippen molar-refractivity contribution in [2.24, 2.45) is 0 Å². The molecule has 0 saturated carbocycles. The number of allylic oxidation sites excluding steroid dienone is 2. The predicted molar refractivity (Wildman–Crippen MR) is 63.7 cm³/mol. The summed E-state index contributed by atoms with van der Waals surface area (Å²) < 4.78 is 9.83. The number of carbonyl (C=O) groups excluding carboxylic acids is 3. The number of hydrogen-bond donors (Lipinski definition) is 0. The SMILES string of the molecule is COC1=C(OC)C(=O)C(CCC(C)=O)=C(C)C1=O. The van der Waals surface area contributed by atoms with Gasteiger partial charge in [-0.2, -0.15) is 0 Å². The Morgan fingerprint density at radius 1 is 1.06 bits per heavy atom. The van der Waals surface area contributed by atoms with E-state index in [9.17, 15) is 14.4 Å². The van der Waals surface area contributed by atoms with Crippen LogP contribution >= 0.6 is 0 Å².